The maximum Gasteiger partial charge on any atom is 0.0434 e. The first-order valence-corrected chi connectivity index (χ1v) is 6.60. The van der Waals surface area contributed by atoms with E-state index >= 15 is 0 Å². The molecule has 0 bridgehead atoms. The van der Waals surface area contributed by atoms with Gasteiger partial charge < -0.3 is 10.4 Å². The predicted molar refractivity (Wildman–Crippen MR) is 64.9 cm³/mol. The van der Waals surface area contributed by atoms with Crippen LogP contribution >= 0.6 is 0 Å². The molecule has 0 heterocycles. The summed E-state index contributed by atoms with van der Waals surface area (Å²) in [7, 11) is 0. The molecule has 0 aromatic heterocycles. The van der Waals surface area contributed by atoms with Crippen molar-refractivity contribution in [1.29, 1.82) is 0 Å². The molecular formula is C13H27NO. The first kappa shape index (κ1) is 13.0. The quantitative estimate of drug-likeness (QED) is 0.711. The standard InChI is InChI=1S/C13H27NO/c1-3-12-5-4-6-13(9-12)14-10-11(2)7-8-15/h11-15H,3-10H2,1-2H3. The van der Waals surface area contributed by atoms with E-state index in [9.17, 15) is 0 Å². The number of hydrogen-bond donors (Lipinski definition) is 2. The zero-order valence-electron chi connectivity index (χ0n) is 10.3. The van der Waals surface area contributed by atoms with Crippen molar-refractivity contribution in [2.75, 3.05) is 13.2 Å². The van der Waals surface area contributed by atoms with Crippen LogP contribution in [0, 0.1) is 11.8 Å². The van der Waals surface area contributed by atoms with Gasteiger partial charge in [0.15, 0.2) is 0 Å². The number of aliphatic hydroxyl groups excluding tert-OH is 1. The molecule has 15 heavy (non-hydrogen) atoms. The highest BCUT2D eigenvalue weighted by atomic mass is 16.3. The topological polar surface area (TPSA) is 32.3 Å². The highest BCUT2D eigenvalue weighted by molar-refractivity contribution is 4.77. The summed E-state index contributed by atoms with van der Waals surface area (Å²) in [5.74, 6) is 1.56. The molecule has 0 aromatic rings. The van der Waals surface area contributed by atoms with Crippen LogP contribution in [-0.4, -0.2) is 24.3 Å². The van der Waals surface area contributed by atoms with Crippen molar-refractivity contribution in [2.24, 2.45) is 11.8 Å². The Morgan fingerprint density at radius 3 is 2.87 bits per heavy atom. The monoisotopic (exact) mass is 213 g/mol. The Morgan fingerprint density at radius 1 is 1.40 bits per heavy atom. The lowest BCUT2D eigenvalue weighted by atomic mass is 9.84. The summed E-state index contributed by atoms with van der Waals surface area (Å²) in [4.78, 5) is 0. The Hall–Kier alpha value is -0.0800. The third-order valence-electron chi connectivity index (χ3n) is 3.74. The van der Waals surface area contributed by atoms with Gasteiger partial charge in [-0.25, -0.2) is 0 Å². The van der Waals surface area contributed by atoms with Crippen molar-refractivity contribution in [2.45, 2.75) is 58.4 Å². The normalized spacial score (nSPS) is 29.0. The van der Waals surface area contributed by atoms with Crippen LogP contribution in [0.3, 0.4) is 0 Å². The highest BCUT2D eigenvalue weighted by Crippen LogP contribution is 2.26. The molecule has 0 radical (unpaired) electrons. The van der Waals surface area contributed by atoms with Crippen molar-refractivity contribution in [3.05, 3.63) is 0 Å². The van der Waals surface area contributed by atoms with Gasteiger partial charge in [0, 0.05) is 12.6 Å². The fourth-order valence-electron chi connectivity index (χ4n) is 2.54. The van der Waals surface area contributed by atoms with Gasteiger partial charge in [0.05, 0.1) is 0 Å². The van der Waals surface area contributed by atoms with Crippen molar-refractivity contribution < 1.29 is 5.11 Å². The number of rotatable bonds is 6. The first-order valence-electron chi connectivity index (χ1n) is 6.60. The van der Waals surface area contributed by atoms with Gasteiger partial charge in [0.1, 0.15) is 0 Å². The molecule has 1 saturated carbocycles. The Bertz CT molecular complexity index is 161. The van der Waals surface area contributed by atoms with E-state index in [1.54, 1.807) is 0 Å². The molecule has 2 heteroatoms. The minimum atomic E-state index is 0.325. The molecule has 90 valence electrons. The second-order valence-corrected chi connectivity index (χ2v) is 5.16. The highest BCUT2D eigenvalue weighted by Gasteiger charge is 2.20. The lowest BCUT2D eigenvalue weighted by molar-refractivity contribution is 0.241. The Labute approximate surface area is 94.5 Å². The van der Waals surface area contributed by atoms with E-state index in [0.29, 0.717) is 12.5 Å². The van der Waals surface area contributed by atoms with Gasteiger partial charge in [-0.1, -0.05) is 33.1 Å². The molecule has 0 spiro atoms. The van der Waals surface area contributed by atoms with E-state index in [0.717, 1.165) is 24.9 Å². The summed E-state index contributed by atoms with van der Waals surface area (Å²) in [6.07, 6.45) is 7.80. The average Bonchev–Trinajstić information content (AvgIpc) is 2.27. The van der Waals surface area contributed by atoms with Gasteiger partial charge in [-0.3, -0.25) is 0 Å². The lowest BCUT2D eigenvalue weighted by Crippen LogP contribution is -2.36. The Kier molecular flexibility index (Phi) is 6.26. The number of nitrogens with one attached hydrogen (secondary N) is 1. The van der Waals surface area contributed by atoms with Crippen molar-refractivity contribution in [1.82, 2.24) is 5.32 Å². The second-order valence-electron chi connectivity index (χ2n) is 5.16. The lowest BCUT2D eigenvalue weighted by Gasteiger charge is -2.30. The third kappa shape index (κ3) is 4.98. The van der Waals surface area contributed by atoms with Crippen molar-refractivity contribution >= 4 is 0 Å². The third-order valence-corrected chi connectivity index (χ3v) is 3.74. The molecule has 3 unspecified atom stereocenters. The molecule has 1 aliphatic carbocycles. The van der Waals surface area contributed by atoms with Gasteiger partial charge in [0.25, 0.3) is 0 Å². The molecule has 1 fully saturated rings. The summed E-state index contributed by atoms with van der Waals surface area (Å²) in [6, 6.07) is 0.741. The van der Waals surface area contributed by atoms with E-state index in [-0.39, 0.29) is 0 Å². The smallest absolute Gasteiger partial charge is 0.0434 e. The van der Waals surface area contributed by atoms with E-state index in [1.165, 1.54) is 32.1 Å². The number of hydrogen-bond acceptors (Lipinski definition) is 2. The summed E-state index contributed by atoms with van der Waals surface area (Å²) in [5.41, 5.74) is 0. The zero-order chi connectivity index (χ0) is 11.1. The Balaban J connectivity index is 2.14. The summed E-state index contributed by atoms with van der Waals surface area (Å²) in [6.45, 7) is 5.91. The molecule has 1 rings (SSSR count). The predicted octanol–water partition coefficient (Wildman–Crippen LogP) is 2.56. The minimum Gasteiger partial charge on any atom is -0.396 e. The second kappa shape index (κ2) is 7.24. The maximum absolute atomic E-state index is 8.83. The average molecular weight is 213 g/mol. The van der Waals surface area contributed by atoms with Crippen molar-refractivity contribution in [3.63, 3.8) is 0 Å². The fourth-order valence-corrected chi connectivity index (χ4v) is 2.54. The van der Waals surface area contributed by atoms with Gasteiger partial charge in [-0.05, 0) is 37.6 Å². The van der Waals surface area contributed by atoms with Crippen molar-refractivity contribution in [3.8, 4) is 0 Å². The van der Waals surface area contributed by atoms with Crippen LogP contribution in [0.2, 0.25) is 0 Å². The molecule has 0 aliphatic heterocycles. The van der Waals surface area contributed by atoms with Crippen LogP contribution in [0.25, 0.3) is 0 Å². The van der Waals surface area contributed by atoms with Gasteiger partial charge in [-0.2, -0.15) is 0 Å². The number of aliphatic hydroxyl groups is 1. The molecule has 3 atom stereocenters. The molecule has 1 aliphatic rings. The fraction of sp³-hybridized carbons (Fsp3) is 1.00. The van der Waals surface area contributed by atoms with E-state index in [2.05, 4.69) is 19.2 Å². The van der Waals surface area contributed by atoms with Crippen LogP contribution in [0.4, 0.5) is 0 Å². The minimum absolute atomic E-state index is 0.325. The van der Waals surface area contributed by atoms with E-state index < -0.39 is 0 Å². The Morgan fingerprint density at radius 2 is 2.20 bits per heavy atom. The van der Waals surface area contributed by atoms with Crippen LogP contribution in [-0.2, 0) is 0 Å². The van der Waals surface area contributed by atoms with Crippen LogP contribution in [0.1, 0.15) is 52.4 Å². The first-order chi connectivity index (χ1) is 7.26. The molecule has 0 aromatic carbocycles. The summed E-state index contributed by atoms with van der Waals surface area (Å²) in [5, 5.41) is 12.5. The van der Waals surface area contributed by atoms with Gasteiger partial charge >= 0.3 is 0 Å². The maximum atomic E-state index is 8.83. The largest absolute Gasteiger partial charge is 0.396 e. The van der Waals surface area contributed by atoms with E-state index in [1.807, 2.05) is 0 Å². The molecule has 2 nitrogen and oxygen atoms in total. The molecule has 0 saturated heterocycles. The van der Waals surface area contributed by atoms with Crippen LogP contribution < -0.4 is 5.32 Å². The van der Waals surface area contributed by atoms with Crippen LogP contribution in [0.5, 0.6) is 0 Å². The zero-order valence-corrected chi connectivity index (χ0v) is 10.3. The van der Waals surface area contributed by atoms with Gasteiger partial charge in [0.2, 0.25) is 0 Å². The molecule has 2 N–H and O–H groups in total. The summed E-state index contributed by atoms with van der Waals surface area (Å²) < 4.78 is 0. The summed E-state index contributed by atoms with van der Waals surface area (Å²) >= 11 is 0. The molecule has 0 amide bonds. The van der Waals surface area contributed by atoms with Crippen LogP contribution in [0.15, 0.2) is 0 Å². The SMILES string of the molecule is CCC1CCCC(NCC(C)CCO)C1. The van der Waals surface area contributed by atoms with E-state index in [4.69, 9.17) is 5.11 Å². The molecular weight excluding hydrogens is 186 g/mol. The van der Waals surface area contributed by atoms with Gasteiger partial charge in [-0.15, -0.1) is 0 Å².